The smallest absolute Gasteiger partial charge is 0.264 e. The van der Waals surface area contributed by atoms with Gasteiger partial charge in [0.2, 0.25) is 0 Å². The van der Waals surface area contributed by atoms with Crippen molar-refractivity contribution in [2.24, 2.45) is 5.10 Å². The molecule has 0 aliphatic heterocycles. The van der Waals surface area contributed by atoms with Crippen LogP contribution in [0.1, 0.15) is 16.7 Å². The summed E-state index contributed by atoms with van der Waals surface area (Å²) in [5, 5.41) is 7.18. The number of carbonyl (C=O) groups excluding carboxylic acids is 2. The minimum absolute atomic E-state index is 0.0789. The SMILES string of the molecule is Cc1ccc(S(=O)(=O)N(CC(=O)N/N=C\c2ccc(OCC(=O)Nc3cccc(Cl)c3)cc2)c2cccc(C)c2)cc1. The fourth-order valence-corrected chi connectivity index (χ4v) is 5.45. The summed E-state index contributed by atoms with van der Waals surface area (Å²) in [6.45, 7) is 3.04. The van der Waals surface area contributed by atoms with Gasteiger partial charge in [-0.2, -0.15) is 5.10 Å². The third-order valence-electron chi connectivity index (χ3n) is 5.95. The van der Waals surface area contributed by atoms with Gasteiger partial charge in [-0.3, -0.25) is 13.9 Å². The molecule has 0 aliphatic rings. The number of sulfonamides is 1. The van der Waals surface area contributed by atoms with Crippen LogP contribution in [0.5, 0.6) is 5.75 Å². The maximum atomic E-state index is 13.5. The lowest BCUT2D eigenvalue weighted by Gasteiger charge is -2.24. The number of ether oxygens (including phenoxy) is 1. The van der Waals surface area contributed by atoms with E-state index in [0.717, 1.165) is 15.4 Å². The van der Waals surface area contributed by atoms with Crippen LogP contribution >= 0.6 is 11.6 Å². The van der Waals surface area contributed by atoms with Crippen LogP contribution in [0.3, 0.4) is 0 Å². The molecule has 0 saturated heterocycles. The van der Waals surface area contributed by atoms with Crippen molar-refractivity contribution >= 4 is 51.0 Å². The molecule has 9 nitrogen and oxygen atoms in total. The Hall–Kier alpha value is -4.67. The number of nitrogens with zero attached hydrogens (tertiary/aromatic N) is 2. The molecule has 0 aliphatic carbocycles. The Morgan fingerprint density at radius 3 is 2.29 bits per heavy atom. The minimum atomic E-state index is -4.02. The van der Waals surface area contributed by atoms with Gasteiger partial charge in [0, 0.05) is 10.7 Å². The molecule has 4 aromatic carbocycles. The molecule has 0 bridgehead atoms. The highest BCUT2D eigenvalue weighted by Crippen LogP contribution is 2.25. The maximum Gasteiger partial charge on any atom is 0.264 e. The number of benzene rings is 4. The van der Waals surface area contributed by atoms with E-state index in [4.69, 9.17) is 16.3 Å². The van der Waals surface area contributed by atoms with Gasteiger partial charge in [0.1, 0.15) is 12.3 Å². The zero-order chi connectivity index (χ0) is 30.1. The number of rotatable bonds is 11. The third-order valence-corrected chi connectivity index (χ3v) is 7.97. The van der Waals surface area contributed by atoms with Crippen LogP contribution in [0.25, 0.3) is 0 Å². The van der Waals surface area contributed by atoms with Gasteiger partial charge in [-0.25, -0.2) is 13.8 Å². The standard InChI is InChI=1S/C31H29ClN4O5S/c1-22-9-15-29(16-10-22)42(39,40)36(27-8-3-5-23(2)17-27)20-30(37)35-33-19-24-11-13-28(14-12-24)41-21-31(38)34-26-7-4-6-25(32)18-26/h3-19H,20-21H2,1-2H3,(H,34,38)(H,35,37)/b33-19-. The van der Waals surface area contributed by atoms with Crippen molar-refractivity contribution in [2.75, 3.05) is 22.8 Å². The van der Waals surface area contributed by atoms with Crippen LogP contribution in [-0.4, -0.2) is 39.6 Å². The molecule has 0 atom stereocenters. The lowest BCUT2D eigenvalue weighted by molar-refractivity contribution is -0.119. The molecular formula is C31H29ClN4O5S. The first-order valence-corrected chi connectivity index (χ1v) is 14.7. The molecule has 4 rings (SSSR count). The Bertz CT molecular complexity index is 1690. The molecule has 0 unspecified atom stereocenters. The van der Waals surface area contributed by atoms with Crippen LogP contribution in [-0.2, 0) is 19.6 Å². The van der Waals surface area contributed by atoms with Gasteiger partial charge in [-0.1, -0.05) is 47.5 Å². The van der Waals surface area contributed by atoms with E-state index in [1.165, 1.54) is 18.3 Å². The maximum absolute atomic E-state index is 13.5. The zero-order valence-electron chi connectivity index (χ0n) is 23.0. The molecule has 2 amide bonds. The van der Waals surface area contributed by atoms with E-state index < -0.39 is 22.5 Å². The summed E-state index contributed by atoms with van der Waals surface area (Å²) in [5.74, 6) is -0.489. The molecule has 0 spiro atoms. The number of halogens is 1. The summed E-state index contributed by atoms with van der Waals surface area (Å²) in [6.07, 6.45) is 1.42. The van der Waals surface area contributed by atoms with E-state index in [2.05, 4.69) is 15.8 Å². The fourth-order valence-electron chi connectivity index (χ4n) is 3.84. The summed E-state index contributed by atoms with van der Waals surface area (Å²) in [7, 11) is -4.02. The second kappa shape index (κ2) is 13.8. The van der Waals surface area contributed by atoms with Gasteiger partial charge >= 0.3 is 0 Å². The number of aryl methyl sites for hydroxylation is 2. The summed E-state index contributed by atoms with van der Waals surface area (Å²) in [6, 6.07) is 26.9. The lowest BCUT2D eigenvalue weighted by atomic mass is 10.2. The van der Waals surface area contributed by atoms with E-state index in [0.29, 0.717) is 27.7 Å². The number of nitrogens with one attached hydrogen (secondary N) is 2. The van der Waals surface area contributed by atoms with Crippen molar-refractivity contribution < 1.29 is 22.7 Å². The predicted octanol–water partition coefficient (Wildman–Crippen LogP) is 5.32. The Morgan fingerprint density at radius 2 is 1.60 bits per heavy atom. The van der Waals surface area contributed by atoms with E-state index in [-0.39, 0.29) is 17.4 Å². The molecule has 0 heterocycles. The molecule has 4 aromatic rings. The van der Waals surface area contributed by atoms with E-state index in [1.54, 1.807) is 78.9 Å². The normalized spacial score (nSPS) is 11.2. The Labute approximate surface area is 249 Å². The first-order chi connectivity index (χ1) is 20.1. The number of hydrogen-bond acceptors (Lipinski definition) is 6. The van der Waals surface area contributed by atoms with Gasteiger partial charge in [0.05, 0.1) is 16.8 Å². The fraction of sp³-hybridized carbons (Fsp3) is 0.129. The molecule has 2 N–H and O–H groups in total. The average Bonchev–Trinajstić information content (AvgIpc) is 2.95. The van der Waals surface area contributed by atoms with Crippen molar-refractivity contribution in [2.45, 2.75) is 18.7 Å². The highest BCUT2D eigenvalue weighted by atomic mass is 35.5. The lowest BCUT2D eigenvalue weighted by Crippen LogP contribution is -2.39. The highest BCUT2D eigenvalue weighted by Gasteiger charge is 2.27. The van der Waals surface area contributed by atoms with Crippen molar-refractivity contribution in [3.63, 3.8) is 0 Å². The van der Waals surface area contributed by atoms with Crippen molar-refractivity contribution in [1.29, 1.82) is 0 Å². The summed E-state index contributed by atoms with van der Waals surface area (Å²) in [5.41, 5.74) is 5.74. The molecule has 216 valence electrons. The van der Waals surface area contributed by atoms with Crippen LogP contribution in [0.2, 0.25) is 5.02 Å². The van der Waals surface area contributed by atoms with Crippen LogP contribution < -0.4 is 19.8 Å². The number of hydrogen-bond donors (Lipinski definition) is 2. The predicted molar refractivity (Wildman–Crippen MR) is 165 cm³/mol. The second-order valence-corrected chi connectivity index (χ2v) is 11.7. The first-order valence-electron chi connectivity index (χ1n) is 12.9. The summed E-state index contributed by atoms with van der Waals surface area (Å²) < 4.78 is 33.5. The molecule has 0 radical (unpaired) electrons. The molecule has 0 fully saturated rings. The van der Waals surface area contributed by atoms with Crippen molar-refractivity contribution in [1.82, 2.24) is 5.43 Å². The quantitative estimate of drug-likeness (QED) is 0.177. The van der Waals surface area contributed by atoms with Crippen LogP contribution in [0, 0.1) is 13.8 Å². The van der Waals surface area contributed by atoms with Crippen molar-refractivity contribution in [3.05, 3.63) is 119 Å². The largest absolute Gasteiger partial charge is 0.484 e. The van der Waals surface area contributed by atoms with E-state index >= 15 is 0 Å². The number of hydrazone groups is 1. The highest BCUT2D eigenvalue weighted by molar-refractivity contribution is 7.92. The number of carbonyl (C=O) groups is 2. The molecule has 0 saturated carbocycles. The van der Waals surface area contributed by atoms with Crippen LogP contribution in [0.4, 0.5) is 11.4 Å². The second-order valence-electron chi connectivity index (χ2n) is 9.37. The van der Waals surface area contributed by atoms with Crippen molar-refractivity contribution in [3.8, 4) is 5.75 Å². The van der Waals surface area contributed by atoms with E-state index in [9.17, 15) is 18.0 Å². The van der Waals surface area contributed by atoms with Gasteiger partial charge in [0.15, 0.2) is 6.61 Å². The molecule has 11 heteroatoms. The van der Waals surface area contributed by atoms with Gasteiger partial charge < -0.3 is 10.1 Å². The Kier molecular flexibility index (Phi) is 9.95. The minimum Gasteiger partial charge on any atom is -0.484 e. The molecule has 0 aromatic heterocycles. The Morgan fingerprint density at radius 1 is 0.881 bits per heavy atom. The van der Waals surface area contributed by atoms with Gasteiger partial charge in [-0.05, 0) is 91.7 Å². The summed E-state index contributed by atoms with van der Waals surface area (Å²) >= 11 is 5.92. The number of amides is 2. The van der Waals surface area contributed by atoms with E-state index in [1.807, 2.05) is 19.9 Å². The summed E-state index contributed by atoms with van der Waals surface area (Å²) in [4.78, 5) is 25.0. The number of anilines is 2. The average molecular weight is 605 g/mol. The third kappa shape index (κ3) is 8.42. The molecule has 42 heavy (non-hydrogen) atoms. The Balaban J connectivity index is 1.35. The van der Waals surface area contributed by atoms with Gasteiger partial charge in [-0.15, -0.1) is 0 Å². The monoisotopic (exact) mass is 604 g/mol. The first kappa shape index (κ1) is 30.3. The van der Waals surface area contributed by atoms with Gasteiger partial charge in [0.25, 0.3) is 21.8 Å². The molecular weight excluding hydrogens is 576 g/mol. The zero-order valence-corrected chi connectivity index (χ0v) is 24.5. The van der Waals surface area contributed by atoms with Crippen LogP contribution in [0.15, 0.2) is 107 Å². The topological polar surface area (TPSA) is 117 Å².